The van der Waals surface area contributed by atoms with Gasteiger partial charge in [0.1, 0.15) is 5.69 Å². The van der Waals surface area contributed by atoms with Gasteiger partial charge >= 0.3 is 10.8 Å². The third-order valence-electron chi connectivity index (χ3n) is 1.13. The lowest BCUT2D eigenvalue weighted by Gasteiger charge is -1.90. The van der Waals surface area contributed by atoms with Crippen molar-refractivity contribution in [2.45, 2.75) is 0 Å². The van der Waals surface area contributed by atoms with Gasteiger partial charge in [-0.05, 0) is 0 Å². The van der Waals surface area contributed by atoms with Crippen LogP contribution in [0.2, 0.25) is 0 Å². The van der Waals surface area contributed by atoms with Crippen molar-refractivity contribution in [3.63, 3.8) is 0 Å². The van der Waals surface area contributed by atoms with E-state index in [1.807, 2.05) is 0 Å². The number of hydrogen-bond acceptors (Lipinski definition) is 3. The van der Waals surface area contributed by atoms with Gasteiger partial charge in [0.05, 0.1) is 0 Å². The molecule has 0 aliphatic rings. The third kappa shape index (κ3) is 0.950. The number of carbonyl (C=O) groups is 1. The zero-order chi connectivity index (χ0) is 7.72. The number of carboxylic acid groups (broad SMARTS) is 1. The normalized spacial score (nSPS) is 9.70. The lowest BCUT2D eigenvalue weighted by atomic mass is 10.5. The minimum Gasteiger partial charge on any atom is -0.477 e. The molecule has 5 heteroatoms. The average molecular weight is 159 g/mol. The van der Waals surface area contributed by atoms with Crippen LogP contribution in [-0.2, 0) is 7.05 Å². The molecule has 0 bridgehead atoms. The first-order chi connectivity index (χ1) is 4.63. The summed E-state index contributed by atoms with van der Waals surface area (Å²) in [5.74, 6) is -1.07. The number of hydrogen-bond donors (Lipinski definition) is 1. The molecule has 1 N–H and O–H groups in total. The summed E-state index contributed by atoms with van der Waals surface area (Å²) in [6.07, 6.45) is 0. The summed E-state index contributed by atoms with van der Waals surface area (Å²) in [7, 11) is 1.43. The monoisotopic (exact) mass is 159 g/mol. The van der Waals surface area contributed by atoms with Crippen LogP contribution in [0.1, 0.15) is 10.5 Å². The van der Waals surface area contributed by atoms with Crippen LogP contribution in [0, 0.1) is 0 Å². The molecule has 54 valence electrons. The molecule has 0 saturated carbocycles. The Kier molecular flexibility index (Phi) is 1.58. The summed E-state index contributed by atoms with van der Waals surface area (Å²) in [6, 6.07) is 0. The first-order valence-electron chi connectivity index (χ1n) is 2.50. The summed E-state index contributed by atoms with van der Waals surface area (Å²) in [5.41, 5.74) is 0.0370. The molecule has 0 fully saturated rings. The maximum atomic E-state index is 10.7. The van der Waals surface area contributed by atoms with Gasteiger partial charge in [-0.25, -0.2) is 4.79 Å². The number of thiazole rings is 1. The second-order valence-corrected chi connectivity index (χ2v) is 2.57. The van der Waals surface area contributed by atoms with Crippen molar-refractivity contribution < 1.29 is 9.90 Å². The van der Waals surface area contributed by atoms with Crippen LogP contribution in [0.4, 0.5) is 0 Å². The molecule has 0 atom stereocenters. The topological polar surface area (TPSA) is 59.3 Å². The molecule has 1 aromatic rings. The Labute approximate surface area is 60.3 Å². The van der Waals surface area contributed by atoms with Gasteiger partial charge in [-0.2, -0.15) is 0 Å². The van der Waals surface area contributed by atoms with Crippen molar-refractivity contribution in [2.24, 2.45) is 7.05 Å². The molecule has 0 aliphatic carbocycles. The fourth-order valence-electron chi connectivity index (χ4n) is 0.557. The highest BCUT2D eigenvalue weighted by Crippen LogP contribution is 1.97. The first kappa shape index (κ1) is 7.01. The van der Waals surface area contributed by atoms with E-state index >= 15 is 0 Å². The minimum atomic E-state index is -1.07. The van der Waals surface area contributed by atoms with Gasteiger partial charge in [-0.15, -0.1) is 0 Å². The van der Waals surface area contributed by atoms with Crippen molar-refractivity contribution in [3.8, 4) is 0 Å². The summed E-state index contributed by atoms with van der Waals surface area (Å²) in [4.78, 5) is 20.7. The van der Waals surface area contributed by atoms with Crippen molar-refractivity contribution >= 4 is 17.3 Å². The lowest BCUT2D eigenvalue weighted by molar-refractivity contribution is 0.0686. The zero-order valence-corrected chi connectivity index (χ0v) is 6.01. The number of rotatable bonds is 1. The molecular formula is C5H5NO3S. The molecule has 0 unspecified atom stereocenters. The molecule has 1 heterocycles. The molecule has 0 aromatic carbocycles. The van der Waals surface area contributed by atoms with E-state index in [-0.39, 0.29) is 10.6 Å². The molecule has 0 saturated heterocycles. The van der Waals surface area contributed by atoms with Crippen LogP contribution in [0.25, 0.3) is 0 Å². The first-order valence-corrected chi connectivity index (χ1v) is 3.38. The van der Waals surface area contributed by atoms with E-state index in [0.29, 0.717) is 0 Å². The lowest BCUT2D eigenvalue weighted by Crippen LogP contribution is -2.14. The molecule has 0 spiro atoms. The van der Waals surface area contributed by atoms with E-state index < -0.39 is 5.97 Å². The second-order valence-electron chi connectivity index (χ2n) is 1.75. The molecular weight excluding hydrogens is 154 g/mol. The van der Waals surface area contributed by atoms with Gasteiger partial charge in [0.15, 0.2) is 0 Å². The molecule has 1 rings (SSSR count). The predicted molar refractivity (Wildman–Crippen MR) is 36.5 cm³/mol. The fourth-order valence-corrected chi connectivity index (χ4v) is 1.28. The summed E-state index contributed by atoms with van der Waals surface area (Å²) < 4.78 is 1.10. The highest BCUT2D eigenvalue weighted by atomic mass is 32.1. The minimum absolute atomic E-state index is 0.0370. The second kappa shape index (κ2) is 2.26. The van der Waals surface area contributed by atoms with E-state index in [1.165, 1.54) is 12.4 Å². The van der Waals surface area contributed by atoms with Gasteiger partial charge in [0.25, 0.3) is 0 Å². The Morgan fingerprint density at radius 1 is 1.80 bits per heavy atom. The fraction of sp³-hybridized carbons (Fsp3) is 0.200. The Bertz CT molecular complexity index is 311. The Morgan fingerprint density at radius 3 is 2.60 bits per heavy atom. The van der Waals surface area contributed by atoms with Crippen molar-refractivity contribution in [1.29, 1.82) is 0 Å². The van der Waals surface area contributed by atoms with E-state index in [1.54, 1.807) is 0 Å². The summed E-state index contributed by atoms with van der Waals surface area (Å²) in [6.45, 7) is 0. The van der Waals surface area contributed by atoms with Crippen LogP contribution < -0.4 is 4.87 Å². The smallest absolute Gasteiger partial charge is 0.353 e. The van der Waals surface area contributed by atoms with Crippen LogP contribution in [0.15, 0.2) is 10.2 Å². The summed E-state index contributed by atoms with van der Waals surface area (Å²) in [5, 5.41) is 9.75. The van der Waals surface area contributed by atoms with E-state index in [0.717, 1.165) is 15.9 Å². The van der Waals surface area contributed by atoms with E-state index in [4.69, 9.17) is 5.11 Å². The number of nitrogens with zero attached hydrogens (tertiary/aromatic N) is 1. The van der Waals surface area contributed by atoms with E-state index in [9.17, 15) is 9.59 Å². The molecule has 10 heavy (non-hydrogen) atoms. The Balaban J connectivity index is 3.31. The number of aromatic nitrogens is 1. The third-order valence-corrected chi connectivity index (χ3v) is 1.94. The van der Waals surface area contributed by atoms with Crippen molar-refractivity contribution in [3.05, 3.63) is 20.7 Å². The standard InChI is InChI=1S/C5H5NO3S/c1-6-3(4(7)8)2-10-5(6)9/h2H,1H3,(H,7,8). The zero-order valence-electron chi connectivity index (χ0n) is 5.20. The molecule has 0 amide bonds. The maximum Gasteiger partial charge on any atom is 0.353 e. The average Bonchev–Trinajstić information content (AvgIpc) is 2.14. The predicted octanol–water partition coefficient (Wildman–Crippen LogP) is 0.145. The largest absolute Gasteiger partial charge is 0.477 e. The Morgan fingerprint density at radius 2 is 2.40 bits per heavy atom. The van der Waals surface area contributed by atoms with Gasteiger partial charge < -0.3 is 5.11 Å². The number of carboxylic acids is 1. The molecule has 1 aromatic heterocycles. The van der Waals surface area contributed by atoms with Crippen molar-refractivity contribution in [1.82, 2.24) is 4.57 Å². The van der Waals surface area contributed by atoms with Crippen LogP contribution in [0.3, 0.4) is 0 Å². The number of aromatic carboxylic acids is 1. The van der Waals surface area contributed by atoms with Gasteiger partial charge in [-0.1, -0.05) is 11.3 Å². The van der Waals surface area contributed by atoms with Gasteiger partial charge in [0.2, 0.25) is 0 Å². The maximum absolute atomic E-state index is 10.7. The van der Waals surface area contributed by atoms with Crippen LogP contribution >= 0.6 is 11.3 Å². The van der Waals surface area contributed by atoms with Crippen LogP contribution in [-0.4, -0.2) is 15.6 Å². The summed E-state index contributed by atoms with van der Waals surface area (Å²) >= 11 is 0.886. The van der Waals surface area contributed by atoms with E-state index in [2.05, 4.69) is 0 Å². The van der Waals surface area contributed by atoms with Crippen LogP contribution in [0.5, 0.6) is 0 Å². The molecule has 0 radical (unpaired) electrons. The highest BCUT2D eigenvalue weighted by Gasteiger charge is 2.08. The molecule has 0 aliphatic heterocycles. The Hall–Kier alpha value is -1.10. The van der Waals surface area contributed by atoms with Crippen molar-refractivity contribution in [2.75, 3.05) is 0 Å². The van der Waals surface area contributed by atoms with Gasteiger partial charge in [-0.3, -0.25) is 9.36 Å². The molecule has 4 nitrogen and oxygen atoms in total. The highest BCUT2D eigenvalue weighted by molar-refractivity contribution is 7.07. The van der Waals surface area contributed by atoms with Gasteiger partial charge in [0, 0.05) is 12.4 Å². The quantitative estimate of drug-likeness (QED) is 0.634. The SMILES string of the molecule is Cn1c(C(=O)O)csc1=O.